The van der Waals surface area contributed by atoms with Crippen molar-refractivity contribution in [3.63, 3.8) is 0 Å². The SMILES string of the molecule is C[C@@H](OC(=O)c1ccc(N2CCCC2=O)cc1)c1nnc(-c2ccc(F)cc2)o1. The quantitative estimate of drug-likeness (QED) is 0.609. The lowest BCUT2D eigenvalue weighted by Crippen LogP contribution is -2.23. The van der Waals surface area contributed by atoms with Gasteiger partial charge in [0.05, 0.1) is 5.56 Å². The fourth-order valence-corrected chi connectivity index (χ4v) is 3.09. The summed E-state index contributed by atoms with van der Waals surface area (Å²) in [5.74, 6) is -0.476. The molecule has 1 atom stereocenters. The molecule has 1 aliphatic heterocycles. The Morgan fingerprint density at radius 2 is 1.86 bits per heavy atom. The van der Waals surface area contributed by atoms with E-state index in [4.69, 9.17) is 9.15 Å². The molecule has 2 aromatic carbocycles. The molecule has 3 aromatic rings. The van der Waals surface area contributed by atoms with Crippen molar-refractivity contribution in [1.29, 1.82) is 0 Å². The second-order valence-corrected chi connectivity index (χ2v) is 6.70. The summed E-state index contributed by atoms with van der Waals surface area (Å²) in [5, 5.41) is 7.82. The Kier molecular flexibility index (Phi) is 5.07. The van der Waals surface area contributed by atoms with Crippen LogP contribution < -0.4 is 4.90 Å². The van der Waals surface area contributed by atoms with Crippen molar-refractivity contribution in [3.05, 3.63) is 65.8 Å². The standard InChI is InChI=1S/C21H18FN3O4/c1-13(19-23-24-20(29-19)14-4-8-16(22)9-5-14)28-21(27)15-6-10-17(11-7-15)25-12-2-3-18(25)26/h4-11,13H,2-3,12H2,1H3/t13-/m1/s1. The molecule has 0 aliphatic carbocycles. The maximum Gasteiger partial charge on any atom is 0.338 e. The molecule has 0 unspecified atom stereocenters. The van der Waals surface area contributed by atoms with Crippen LogP contribution in [0.2, 0.25) is 0 Å². The molecule has 0 N–H and O–H groups in total. The third-order valence-corrected chi connectivity index (χ3v) is 4.65. The van der Waals surface area contributed by atoms with E-state index in [-0.39, 0.29) is 23.5 Å². The summed E-state index contributed by atoms with van der Waals surface area (Å²) >= 11 is 0. The minimum atomic E-state index is -0.760. The van der Waals surface area contributed by atoms with Crippen LogP contribution in [0.15, 0.2) is 52.9 Å². The molecule has 29 heavy (non-hydrogen) atoms. The second kappa shape index (κ2) is 7.83. The predicted molar refractivity (Wildman–Crippen MR) is 102 cm³/mol. The van der Waals surface area contributed by atoms with Crippen molar-refractivity contribution in [2.75, 3.05) is 11.4 Å². The molecule has 1 aliphatic rings. The molecule has 2 heterocycles. The van der Waals surface area contributed by atoms with E-state index < -0.39 is 12.1 Å². The van der Waals surface area contributed by atoms with Gasteiger partial charge in [-0.2, -0.15) is 0 Å². The number of hydrogen-bond acceptors (Lipinski definition) is 6. The van der Waals surface area contributed by atoms with Crippen LogP contribution in [0.5, 0.6) is 0 Å². The summed E-state index contributed by atoms with van der Waals surface area (Å²) in [7, 11) is 0. The average molecular weight is 395 g/mol. The van der Waals surface area contributed by atoms with Crippen molar-refractivity contribution >= 4 is 17.6 Å². The summed E-state index contributed by atoms with van der Waals surface area (Å²) in [4.78, 5) is 25.9. The van der Waals surface area contributed by atoms with Gasteiger partial charge in [0.25, 0.3) is 5.89 Å². The molecular formula is C21H18FN3O4. The van der Waals surface area contributed by atoms with Crippen LogP contribution >= 0.6 is 0 Å². The number of rotatable bonds is 5. The number of benzene rings is 2. The van der Waals surface area contributed by atoms with Crippen LogP contribution in [0, 0.1) is 5.82 Å². The summed E-state index contributed by atoms with van der Waals surface area (Å²) in [5.41, 5.74) is 1.68. The number of hydrogen-bond donors (Lipinski definition) is 0. The van der Waals surface area contributed by atoms with Gasteiger partial charge in [0.1, 0.15) is 5.82 Å². The molecule has 0 bridgehead atoms. The van der Waals surface area contributed by atoms with Gasteiger partial charge in [-0.25, -0.2) is 9.18 Å². The van der Waals surface area contributed by atoms with E-state index in [0.29, 0.717) is 24.1 Å². The second-order valence-electron chi connectivity index (χ2n) is 6.70. The predicted octanol–water partition coefficient (Wildman–Crippen LogP) is 3.92. The Balaban J connectivity index is 1.42. The number of esters is 1. The summed E-state index contributed by atoms with van der Waals surface area (Å²) in [6.45, 7) is 2.31. The van der Waals surface area contributed by atoms with Gasteiger partial charge in [0.15, 0.2) is 6.10 Å². The highest BCUT2D eigenvalue weighted by Gasteiger charge is 2.23. The van der Waals surface area contributed by atoms with Crippen LogP contribution in [0.1, 0.15) is 42.1 Å². The fourth-order valence-electron chi connectivity index (χ4n) is 3.09. The monoisotopic (exact) mass is 395 g/mol. The molecule has 0 spiro atoms. The number of halogens is 1. The Morgan fingerprint density at radius 3 is 2.52 bits per heavy atom. The van der Waals surface area contributed by atoms with Gasteiger partial charge in [0, 0.05) is 24.2 Å². The Labute approximate surface area is 166 Å². The zero-order chi connectivity index (χ0) is 20.4. The van der Waals surface area contributed by atoms with E-state index in [0.717, 1.165) is 12.1 Å². The number of carbonyl (C=O) groups is 2. The highest BCUT2D eigenvalue weighted by molar-refractivity contribution is 5.96. The lowest BCUT2D eigenvalue weighted by molar-refractivity contribution is -0.117. The molecule has 7 nitrogen and oxygen atoms in total. The van der Waals surface area contributed by atoms with Crippen molar-refractivity contribution in [3.8, 4) is 11.5 Å². The Hall–Kier alpha value is -3.55. The first-order valence-electron chi connectivity index (χ1n) is 9.22. The van der Waals surface area contributed by atoms with E-state index >= 15 is 0 Å². The highest BCUT2D eigenvalue weighted by Crippen LogP contribution is 2.25. The third-order valence-electron chi connectivity index (χ3n) is 4.65. The summed E-state index contributed by atoms with van der Waals surface area (Å²) < 4.78 is 24.0. The minimum absolute atomic E-state index is 0.0855. The first-order valence-corrected chi connectivity index (χ1v) is 9.22. The minimum Gasteiger partial charge on any atom is -0.449 e. The normalized spacial score (nSPS) is 14.8. The van der Waals surface area contributed by atoms with Crippen LogP contribution in [0.3, 0.4) is 0 Å². The number of nitrogens with zero attached hydrogens (tertiary/aromatic N) is 3. The number of aromatic nitrogens is 2. The van der Waals surface area contributed by atoms with Gasteiger partial charge < -0.3 is 14.1 Å². The first-order chi connectivity index (χ1) is 14.0. The first kappa shape index (κ1) is 18.8. The fraction of sp³-hybridized carbons (Fsp3) is 0.238. The van der Waals surface area contributed by atoms with Gasteiger partial charge in [0.2, 0.25) is 11.8 Å². The number of amides is 1. The van der Waals surface area contributed by atoms with Crippen molar-refractivity contribution in [1.82, 2.24) is 10.2 Å². The molecular weight excluding hydrogens is 377 g/mol. The van der Waals surface area contributed by atoms with Crippen LogP contribution in [0.25, 0.3) is 11.5 Å². The van der Waals surface area contributed by atoms with E-state index in [9.17, 15) is 14.0 Å². The van der Waals surface area contributed by atoms with Gasteiger partial charge in [-0.1, -0.05) is 0 Å². The Bertz CT molecular complexity index is 1030. The molecule has 1 fully saturated rings. The van der Waals surface area contributed by atoms with E-state index in [1.165, 1.54) is 24.3 Å². The topological polar surface area (TPSA) is 85.5 Å². The van der Waals surface area contributed by atoms with E-state index in [1.54, 1.807) is 36.1 Å². The number of carbonyl (C=O) groups excluding carboxylic acids is 2. The van der Waals surface area contributed by atoms with Crippen LogP contribution in [0.4, 0.5) is 10.1 Å². The smallest absolute Gasteiger partial charge is 0.338 e. The maximum absolute atomic E-state index is 13.0. The van der Waals surface area contributed by atoms with Gasteiger partial charge >= 0.3 is 5.97 Å². The van der Waals surface area contributed by atoms with Gasteiger partial charge in [-0.3, -0.25) is 4.79 Å². The van der Waals surface area contributed by atoms with Crippen molar-refractivity contribution < 1.29 is 23.1 Å². The lowest BCUT2D eigenvalue weighted by Gasteiger charge is -2.16. The molecule has 148 valence electrons. The largest absolute Gasteiger partial charge is 0.449 e. The van der Waals surface area contributed by atoms with E-state index in [2.05, 4.69) is 10.2 Å². The van der Waals surface area contributed by atoms with Gasteiger partial charge in [-0.15, -0.1) is 10.2 Å². The molecule has 8 heteroatoms. The highest BCUT2D eigenvalue weighted by atomic mass is 19.1. The molecule has 0 saturated carbocycles. The zero-order valence-electron chi connectivity index (χ0n) is 15.7. The Morgan fingerprint density at radius 1 is 1.14 bits per heavy atom. The molecule has 0 radical (unpaired) electrons. The summed E-state index contributed by atoms with van der Waals surface area (Å²) in [6.07, 6.45) is 0.624. The molecule has 4 rings (SSSR count). The maximum atomic E-state index is 13.0. The zero-order valence-corrected chi connectivity index (χ0v) is 15.7. The number of anilines is 1. The van der Waals surface area contributed by atoms with Crippen molar-refractivity contribution in [2.24, 2.45) is 0 Å². The summed E-state index contributed by atoms with van der Waals surface area (Å²) in [6, 6.07) is 12.3. The molecule has 1 amide bonds. The molecule has 1 saturated heterocycles. The van der Waals surface area contributed by atoms with Gasteiger partial charge in [-0.05, 0) is 61.9 Å². The van der Waals surface area contributed by atoms with Crippen LogP contribution in [-0.4, -0.2) is 28.6 Å². The lowest BCUT2D eigenvalue weighted by atomic mass is 10.2. The van der Waals surface area contributed by atoms with Crippen LogP contribution in [-0.2, 0) is 9.53 Å². The van der Waals surface area contributed by atoms with E-state index in [1.807, 2.05) is 0 Å². The average Bonchev–Trinajstić information content (AvgIpc) is 3.38. The van der Waals surface area contributed by atoms with Crippen molar-refractivity contribution in [2.45, 2.75) is 25.9 Å². The number of ether oxygens (including phenoxy) is 1. The third kappa shape index (κ3) is 4.01. The molecule has 1 aromatic heterocycles.